The molecule has 0 aliphatic heterocycles. The lowest BCUT2D eigenvalue weighted by Crippen LogP contribution is -2.67. The maximum Gasteiger partial charge on any atom is 0.146 e. The average Bonchev–Trinajstić information content (AvgIpc) is 2.28. The minimum atomic E-state index is -0.964. The second-order valence-electron chi connectivity index (χ2n) is 5.68. The van der Waals surface area contributed by atoms with Crippen LogP contribution in [-0.4, -0.2) is 18.9 Å². The molecule has 3 atom stereocenters. The molecule has 0 aromatic carbocycles. The number of carbonyl (C=O) groups is 3. The van der Waals surface area contributed by atoms with E-state index in [1.807, 2.05) is 19.9 Å². The Morgan fingerprint density at radius 2 is 1.81 bits per heavy atom. The standard InChI is InChI=1S/C13H16O3/c1-11(2)9-4-10(6-14)12(3,7-15)13(11,5-9)8-16/h4,6-9H,5H2,1-3H3/t9?,12?,13-/m1/s1. The van der Waals surface area contributed by atoms with Gasteiger partial charge in [-0.05, 0) is 24.7 Å². The number of fused-ring (bicyclic) bond motifs is 1. The summed E-state index contributed by atoms with van der Waals surface area (Å²) in [5, 5.41) is 0. The van der Waals surface area contributed by atoms with Crippen LogP contribution < -0.4 is 0 Å². The summed E-state index contributed by atoms with van der Waals surface area (Å²) in [7, 11) is 0. The Bertz CT molecular complexity index is 407. The van der Waals surface area contributed by atoms with Crippen LogP contribution in [0.3, 0.4) is 0 Å². The van der Waals surface area contributed by atoms with Crippen molar-refractivity contribution in [1.82, 2.24) is 0 Å². The van der Waals surface area contributed by atoms with Gasteiger partial charge in [-0.15, -0.1) is 0 Å². The van der Waals surface area contributed by atoms with Crippen LogP contribution in [0.5, 0.6) is 0 Å². The third kappa shape index (κ3) is 0.841. The molecular formula is C13H16O3. The molecule has 86 valence electrons. The lowest BCUT2D eigenvalue weighted by Gasteiger charge is -2.67. The van der Waals surface area contributed by atoms with Crippen LogP contribution in [0.25, 0.3) is 0 Å². The highest BCUT2D eigenvalue weighted by atomic mass is 16.1. The molecule has 0 radical (unpaired) electrons. The third-order valence-electron chi connectivity index (χ3n) is 5.09. The van der Waals surface area contributed by atoms with Crippen molar-refractivity contribution in [2.75, 3.05) is 0 Å². The van der Waals surface area contributed by atoms with Crippen LogP contribution in [0.1, 0.15) is 27.2 Å². The van der Waals surface area contributed by atoms with Gasteiger partial charge in [0.15, 0.2) is 0 Å². The largest absolute Gasteiger partial charge is 0.303 e. The lowest BCUT2D eigenvalue weighted by atomic mass is 9.34. The summed E-state index contributed by atoms with van der Waals surface area (Å²) in [6.07, 6.45) is 4.91. The van der Waals surface area contributed by atoms with Gasteiger partial charge in [-0.1, -0.05) is 19.9 Å². The second-order valence-corrected chi connectivity index (χ2v) is 5.68. The lowest BCUT2D eigenvalue weighted by molar-refractivity contribution is -0.180. The molecular weight excluding hydrogens is 204 g/mol. The van der Waals surface area contributed by atoms with Gasteiger partial charge in [-0.3, -0.25) is 4.79 Å². The maximum absolute atomic E-state index is 11.5. The topological polar surface area (TPSA) is 51.2 Å². The summed E-state index contributed by atoms with van der Waals surface area (Å²) in [5.41, 5.74) is -1.45. The van der Waals surface area contributed by atoms with Crippen LogP contribution in [0.4, 0.5) is 0 Å². The van der Waals surface area contributed by atoms with E-state index in [9.17, 15) is 14.4 Å². The van der Waals surface area contributed by atoms with E-state index in [4.69, 9.17) is 0 Å². The van der Waals surface area contributed by atoms with Gasteiger partial charge in [0.2, 0.25) is 0 Å². The molecule has 3 heteroatoms. The fraction of sp³-hybridized carbons (Fsp3) is 0.615. The van der Waals surface area contributed by atoms with Gasteiger partial charge >= 0.3 is 0 Å². The molecule has 0 heterocycles. The molecule has 0 aromatic rings. The number of allylic oxidation sites excluding steroid dienone is 2. The number of hydrogen-bond acceptors (Lipinski definition) is 3. The first kappa shape index (κ1) is 11.2. The SMILES string of the molecule is CC1(C=O)C(C=O)=CC2C[C@@]1(C=O)C2(C)C. The van der Waals surface area contributed by atoms with Gasteiger partial charge in [0.25, 0.3) is 0 Å². The Hall–Kier alpha value is -1.25. The van der Waals surface area contributed by atoms with Crippen molar-refractivity contribution >= 4 is 18.9 Å². The quantitative estimate of drug-likeness (QED) is 0.678. The van der Waals surface area contributed by atoms with Crippen molar-refractivity contribution in [1.29, 1.82) is 0 Å². The van der Waals surface area contributed by atoms with E-state index in [2.05, 4.69) is 0 Å². The Morgan fingerprint density at radius 1 is 1.19 bits per heavy atom. The highest BCUT2D eigenvalue weighted by Gasteiger charge is 2.71. The Kier molecular flexibility index (Phi) is 2.04. The molecule has 0 aromatic heterocycles. The molecule has 0 spiro atoms. The first-order valence-corrected chi connectivity index (χ1v) is 5.50. The minimum Gasteiger partial charge on any atom is -0.303 e. The van der Waals surface area contributed by atoms with E-state index in [0.717, 1.165) is 12.6 Å². The van der Waals surface area contributed by atoms with Crippen molar-refractivity contribution in [3.8, 4) is 0 Å². The van der Waals surface area contributed by atoms with E-state index in [1.54, 1.807) is 6.92 Å². The molecule has 3 nitrogen and oxygen atoms in total. The number of carbonyl (C=O) groups excluding carboxylic acids is 3. The van der Waals surface area contributed by atoms with Crippen molar-refractivity contribution < 1.29 is 14.4 Å². The smallest absolute Gasteiger partial charge is 0.146 e. The summed E-state index contributed by atoms with van der Waals surface area (Å²) in [4.78, 5) is 33.9. The fourth-order valence-electron chi connectivity index (χ4n) is 3.52. The molecule has 3 aliphatic carbocycles. The first-order chi connectivity index (χ1) is 7.39. The van der Waals surface area contributed by atoms with E-state index >= 15 is 0 Å². The van der Waals surface area contributed by atoms with Gasteiger partial charge in [0, 0.05) is 11.0 Å². The predicted molar refractivity (Wildman–Crippen MR) is 58.7 cm³/mol. The summed E-state index contributed by atoms with van der Waals surface area (Å²) < 4.78 is 0. The van der Waals surface area contributed by atoms with Gasteiger partial charge in [0.05, 0.1) is 5.41 Å². The molecule has 16 heavy (non-hydrogen) atoms. The molecule has 1 saturated carbocycles. The third-order valence-corrected chi connectivity index (χ3v) is 5.09. The van der Waals surface area contributed by atoms with Crippen LogP contribution in [0.15, 0.2) is 11.6 Å². The summed E-state index contributed by atoms with van der Waals surface area (Å²) in [6.45, 7) is 5.69. The van der Waals surface area contributed by atoms with Gasteiger partial charge in [0.1, 0.15) is 18.9 Å². The van der Waals surface area contributed by atoms with E-state index in [0.29, 0.717) is 18.3 Å². The van der Waals surface area contributed by atoms with Gasteiger partial charge < -0.3 is 9.59 Å². The zero-order valence-electron chi connectivity index (χ0n) is 9.82. The predicted octanol–water partition coefficient (Wildman–Crippen LogP) is 1.56. The molecule has 0 amide bonds. The van der Waals surface area contributed by atoms with Crippen molar-refractivity contribution in [2.24, 2.45) is 22.2 Å². The Morgan fingerprint density at radius 3 is 2.19 bits per heavy atom. The monoisotopic (exact) mass is 220 g/mol. The van der Waals surface area contributed by atoms with Crippen LogP contribution in [-0.2, 0) is 14.4 Å². The zero-order chi connectivity index (χ0) is 12.2. The number of aldehydes is 3. The van der Waals surface area contributed by atoms with Crippen LogP contribution in [0, 0.1) is 22.2 Å². The van der Waals surface area contributed by atoms with Crippen molar-refractivity contribution in [3.63, 3.8) is 0 Å². The molecule has 0 N–H and O–H groups in total. The Balaban J connectivity index is 2.68. The molecule has 2 bridgehead atoms. The molecule has 0 saturated heterocycles. The fourth-order valence-corrected chi connectivity index (χ4v) is 3.52. The molecule has 1 fully saturated rings. The van der Waals surface area contributed by atoms with Crippen molar-refractivity contribution in [2.45, 2.75) is 27.2 Å². The normalized spacial score (nSPS) is 43.9. The highest BCUT2D eigenvalue weighted by Crippen LogP contribution is 2.71. The Labute approximate surface area is 94.9 Å². The second kappa shape index (κ2) is 2.90. The van der Waals surface area contributed by atoms with E-state index in [1.165, 1.54) is 0 Å². The number of hydrogen-bond donors (Lipinski definition) is 0. The zero-order valence-corrected chi connectivity index (χ0v) is 9.82. The first-order valence-electron chi connectivity index (χ1n) is 5.50. The highest BCUT2D eigenvalue weighted by molar-refractivity contribution is 5.91. The van der Waals surface area contributed by atoms with Gasteiger partial charge in [-0.2, -0.15) is 0 Å². The summed E-state index contributed by atoms with van der Waals surface area (Å²) >= 11 is 0. The van der Waals surface area contributed by atoms with E-state index in [-0.39, 0.29) is 11.3 Å². The number of rotatable bonds is 3. The van der Waals surface area contributed by atoms with E-state index < -0.39 is 10.8 Å². The average molecular weight is 220 g/mol. The van der Waals surface area contributed by atoms with Crippen LogP contribution >= 0.6 is 0 Å². The summed E-state index contributed by atoms with van der Waals surface area (Å²) in [5.74, 6) is 0.228. The maximum atomic E-state index is 11.5. The van der Waals surface area contributed by atoms with Gasteiger partial charge in [-0.25, -0.2) is 0 Å². The molecule has 2 unspecified atom stereocenters. The molecule has 3 aliphatic rings. The summed E-state index contributed by atoms with van der Waals surface area (Å²) in [6, 6.07) is 0. The minimum absolute atomic E-state index is 0.228. The van der Waals surface area contributed by atoms with Crippen LogP contribution in [0.2, 0.25) is 0 Å². The molecule has 3 rings (SSSR count). The van der Waals surface area contributed by atoms with Crippen molar-refractivity contribution in [3.05, 3.63) is 11.6 Å².